The first-order valence-corrected chi connectivity index (χ1v) is 21.0. The maximum Gasteiger partial charge on any atom is 0.240 e. The lowest BCUT2D eigenvalue weighted by Gasteiger charge is -2.21. The summed E-state index contributed by atoms with van der Waals surface area (Å²) in [5.41, 5.74) is 12.7. The third-order valence-corrected chi connectivity index (χ3v) is 12.5. The van der Waals surface area contributed by atoms with Gasteiger partial charge in [0, 0.05) is 38.2 Å². The van der Waals surface area contributed by atoms with Crippen molar-refractivity contribution in [1.82, 2.24) is 24.1 Å². The van der Waals surface area contributed by atoms with Crippen molar-refractivity contribution in [1.29, 1.82) is 0 Å². The molecule has 4 aromatic heterocycles. The first-order valence-electron chi connectivity index (χ1n) is 21.0. The predicted molar refractivity (Wildman–Crippen MR) is 250 cm³/mol. The van der Waals surface area contributed by atoms with E-state index in [0.717, 1.165) is 77.5 Å². The second-order valence-corrected chi connectivity index (χ2v) is 15.9. The molecule has 1 unspecified atom stereocenters. The number of fused-ring (bicyclic) bond motifs is 9. The van der Waals surface area contributed by atoms with E-state index in [1.165, 1.54) is 27.8 Å². The molecule has 0 aliphatic rings. The van der Waals surface area contributed by atoms with Crippen LogP contribution in [0.4, 0.5) is 0 Å². The van der Waals surface area contributed by atoms with Gasteiger partial charge in [0.2, 0.25) is 11.9 Å². The standard InChI is InChI=1S/C55H39N5O/c1-3-36(35-18-5-4-6-19-35)37-20-7-8-21-38(37)45-33-50-46(32-34(45)2)41-24-11-15-30-49(41)60(50)55-57-53(44-27-17-26-43-42-25-12-16-31-51(42)61-52(43)44)56-54(58-55)59-47-28-13-9-22-39(47)40-23-10-14-29-48(40)59/h4-33,36H,3H2,1-2H3. The van der Waals surface area contributed by atoms with Crippen LogP contribution in [0, 0.1) is 6.92 Å². The topological polar surface area (TPSA) is 61.7 Å². The molecule has 0 saturated heterocycles. The number of para-hydroxylation sites is 5. The molecule has 0 saturated carbocycles. The minimum absolute atomic E-state index is 0.249. The molecule has 4 heterocycles. The fourth-order valence-corrected chi connectivity index (χ4v) is 9.73. The number of furan rings is 1. The third-order valence-electron chi connectivity index (χ3n) is 12.5. The van der Waals surface area contributed by atoms with Crippen LogP contribution in [0.3, 0.4) is 0 Å². The van der Waals surface area contributed by atoms with Crippen LogP contribution >= 0.6 is 0 Å². The van der Waals surface area contributed by atoms with Gasteiger partial charge in [0.05, 0.1) is 27.6 Å². The number of rotatable bonds is 7. The summed E-state index contributed by atoms with van der Waals surface area (Å²) in [6.07, 6.45) is 0.986. The number of aromatic nitrogens is 5. The lowest BCUT2D eigenvalue weighted by molar-refractivity contribution is 0.669. The molecule has 61 heavy (non-hydrogen) atoms. The minimum Gasteiger partial charge on any atom is -0.455 e. The Labute approximate surface area is 352 Å². The van der Waals surface area contributed by atoms with Gasteiger partial charge in [-0.15, -0.1) is 0 Å². The summed E-state index contributed by atoms with van der Waals surface area (Å²) in [5, 5.41) is 6.62. The summed E-state index contributed by atoms with van der Waals surface area (Å²) in [6.45, 7) is 4.51. The van der Waals surface area contributed by atoms with Crippen molar-refractivity contribution in [3.05, 3.63) is 199 Å². The Morgan fingerprint density at radius 3 is 1.69 bits per heavy atom. The van der Waals surface area contributed by atoms with Crippen LogP contribution in [0.1, 0.15) is 36.0 Å². The lowest BCUT2D eigenvalue weighted by Crippen LogP contribution is -2.10. The monoisotopic (exact) mass is 785 g/mol. The van der Waals surface area contributed by atoms with E-state index in [1.54, 1.807) is 0 Å². The molecule has 0 N–H and O–H groups in total. The van der Waals surface area contributed by atoms with Crippen LogP contribution < -0.4 is 0 Å². The maximum atomic E-state index is 6.62. The average molecular weight is 786 g/mol. The fraction of sp³-hybridized carbons (Fsp3) is 0.0727. The van der Waals surface area contributed by atoms with Crippen LogP contribution in [0.25, 0.3) is 100.0 Å². The van der Waals surface area contributed by atoms with Gasteiger partial charge in [-0.1, -0.05) is 146 Å². The summed E-state index contributed by atoms with van der Waals surface area (Å²) < 4.78 is 11.0. The molecule has 6 nitrogen and oxygen atoms in total. The molecule has 0 amide bonds. The first-order chi connectivity index (χ1) is 30.1. The Balaban J connectivity index is 1.16. The van der Waals surface area contributed by atoms with E-state index in [0.29, 0.717) is 17.7 Å². The van der Waals surface area contributed by atoms with E-state index in [4.69, 9.17) is 19.4 Å². The van der Waals surface area contributed by atoms with Crippen LogP contribution in [0.15, 0.2) is 186 Å². The van der Waals surface area contributed by atoms with Gasteiger partial charge in [0.25, 0.3) is 0 Å². The van der Waals surface area contributed by atoms with Gasteiger partial charge < -0.3 is 4.42 Å². The molecule has 0 bridgehead atoms. The SMILES string of the molecule is CCC(c1ccccc1)c1ccccc1-c1cc2c(cc1C)c1ccccc1n2-c1nc(-c2cccc3c2oc2ccccc23)nc(-n2c3ccccc3c3ccccc32)n1. The van der Waals surface area contributed by atoms with E-state index < -0.39 is 0 Å². The molecule has 12 aromatic rings. The van der Waals surface area contributed by atoms with Crippen LogP contribution in [0.2, 0.25) is 0 Å². The summed E-state index contributed by atoms with van der Waals surface area (Å²) in [4.78, 5) is 16.2. The zero-order valence-corrected chi connectivity index (χ0v) is 33.7. The smallest absolute Gasteiger partial charge is 0.240 e. The highest BCUT2D eigenvalue weighted by Crippen LogP contribution is 2.42. The summed E-state index contributed by atoms with van der Waals surface area (Å²) in [7, 11) is 0. The molecule has 290 valence electrons. The highest BCUT2D eigenvalue weighted by Gasteiger charge is 2.24. The van der Waals surface area contributed by atoms with E-state index in [-0.39, 0.29) is 5.92 Å². The quantitative estimate of drug-likeness (QED) is 0.161. The second kappa shape index (κ2) is 13.9. The van der Waals surface area contributed by atoms with Gasteiger partial charge in [0.1, 0.15) is 11.2 Å². The molecule has 0 aliphatic heterocycles. The Morgan fingerprint density at radius 1 is 0.459 bits per heavy atom. The number of hydrogen-bond acceptors (Lipinski definition) is 4. The largest absolute Gasteiger partial charge is 0.455 e. The van der Waals surface area contributed by atoms with Crippen LogP contribution in [-0.4, -0.2) is 24.1 Å². The zero-order valence-electron chi connectivity index (χ0n) is 33.7. The predicted octanol–water partition coefficient (Wildman–Crippen LogP) is 14.1. The number of hydrogen-bond donors (Lipinski definition) is 0. The number of aryl methyl sites for hydroxylation is 1. The van der Waals surface area contributed by atoms with E-state index in [9.17, 15) is 0 Å². The highest BCUT2D eigenvalue weighted by atomic mass is 16.3. The van der Waals surface area contributed by atoms with Crippen molar-refractivity contribution >= 4 is 65.6 Å². The molecule has 0 radical (unpaired) electrons. The molecular weight excluding hydrogens is 747 g/mol. The Bertz CT molecular complexity index is 3610. The van der Waals surface area contributed by atoms with Crippen molar-refractivity contribution < 1.29 is 4.42 Å². The summed E-state index contributed by atoms with van der Waals surface area (Å²) in [5.74, 6) is 1.84. The normalized spacial score (nSPS) is 12.4. The van der Waals surface area contributed by atoms with Gasteiger partial charge in [-0.25, -0.2) is 0 Å². The molecular formula is C55H39N5O. The Morgan fingerprint density at radius 2 is 1.00 bits per heavy atom. The van der Waals surface area contributed by atoms with Gasteiger partial charge >= 0.3 is 0 Å². The van der Waals surface area contributed by atoms with E-state index >= 15 is 0 Å². The van der Waals surface area contributed by atoms with Crippen molar-refractivity contribution in [3.63, 3.8) is 0 Å². The molecule has 8 aromatic carbocycles. The minimum atomic E-state index is 0.249. The number of nitrogens with zero attached hydrogens (tertiary/aromatic N) is 5. The van der Waals surface area contributed by atoms with Crippen molar-refractivity contribution in [2.24, 2.45) is 0 Å². The Kier molecular flexibility index (Phi) is 8.00. The zero-order chi connectivity index (χ0) is 40.6. The van der Waals surface area contributed by atoms with Gasteiger partial charge in [-0.2, -0.15) is 15.0 Å². The van der Waals surface area contributed by atoms with Gasteiger partial charge in [-0.05, 0) is 83.6 Å². The highest BCUT2D eigenvalue weighted by molar-refractivity contribution is 6.12. The second-order valence-electron chi connectivity index (χ2n) is 15.9. The summed E-state index contributed by atoms with van der Waals surface area (Å²) >= 11 is 0. The van der Waals surface area contributed by atoms with Crippen LogP contribution in [0.5, 0.6) is 0 Å². The van der Waals surface area contributed by atoms with Crippen molar-refractivity contribution in [2.75, 3.05) is 0 Å². The molecule has 0 aliphatic carbocycles. The molecule has 0 fully saturated rings. The summed E-state index contributed by atoms with van der Waals surface area (Å²) in [6, 6.07) is 64.4. The lowest BCUT2D eigenvalue weighted by atomic mass is 9.83. The maximum absolute atomic E-state index is 6.62. The third kappa shape index (κ3) is 5.45. The molecule has 12 rings (SSSR count). The Hall–Kier alpha value is -7.83. The van der Waals surface area contributed by atoms with Gasteiger partial charge in [0.15, 0.2) is 5.82 Å². The fourth-order valence-electron chi connectivity index (χ4n) is 9.73. The van der Waals surface area contributed by atoms with Crippen molar-refractivity contribution in [2.45, 2.75) is 26.2 Å². The number of benzene rings is 8. The molecule has 1 atom stereocenters. The average Bonchev–Trinajstić information content (AvgIpc) is 3.97. The van der Waals surface area contributed by atoms with Crippen molar-refractivity contribution in [3.8, 4) is 34.4 Å². The van der Waals surface area contributed by atoms with E-state index in [1.807, 2.05) is 18.2 Å². The first kappa shape index (κ1) is 35.1. The van der Waals surface area contributed by atoms with Crippen LogP contribution in [-0.2, 0) is 0 Å². The molecule has 0 spiro atoms. The van der Waals surface area contributed by atoms with E-state index in [2.05, 4.69) is 187 Å². The molecule has 6 heteroatoms. The van der Waals surface area contributed by atoms with Gasteiger partial charge in [-0.3, -0.25) is 9.13 Å².